The largest absolute Gasteiger partial charge is 0.328 e. The van der Waals surface area contributed by atoms with Gasteiger partial charge in [0.2, 0.25) is 0 Å². The molecule has 2 atom stereocenters. The highest BCUT2D eigenvalue weighted by Gasteiger charge is 2.46. The summed E-state index contributed by atoms with van der Waals surface area (Å²) in [6.07, 6.45) is 0. The van der Waals surface area contributed by atoms with Crippen LogP contribution in [0.5, 0.6) is 0 Å². The Labute approximate surface area is 288 Å². The number of hydrogen-bond donors (Lipinski definition) is 0. The van der Waals surface area contributed by atoms with E-state index in [0.29, 0.717) is 0 Å². The number of aromatic nitrogens is 1. The van der Waals surface area contributed by atoms with E-state index in [0.717, 1.165) is 34.0 Å². The van der Waals surface area contributed by atoms with Crippen molar-refractivity contribution < 1.29 is 0 Å². The minimum absolute atomic E-state index is 0.175. The Hall–Kier alpha value is -6.52. The number of fused-ring (bicyclic) bond motifs is 11. The van der Waals surface area contributed by atoms with E-state index in [1.54, 1.807) is 0 Å². The summed E-state index contributed by atoms with van der Waals surface area (Å²) in [5.74, 6) is 1.73. The van der Waals surface area contributed by atoms with Gasteiger partial charge in [-0.3, -0.25) is 9.56 Å². The molecule has 1 aromatic heterocycles. The van der Waals surface area contributed by atoms with Gasteiger partial charge in [0.15, 0.2) is 5.84 Å². The maximum atomic E-state index is 5.61. The summed E-state index contributed by atoms with van der Waals surface area (Å²) in [7, 11) is 0. The molecule has 4 heteroatoms. The maximum absolute atomic E-state index is 5.61. The monoisotopic (exact) mass is 638 g/mol. The molecule has 4 nitrogen and oxygen atoms in total. The highest BCUT2D eigenvalue weighted by molar-refractivity contribution is 6.31. The molecule has 0 saturated heterocycles. The van der Waals surface area contributed by atoms with E-state index in [1.165, 1.54) is 54.3 Å². The number of amidine groups is 1. The fourth-order valence-electron chi connectivity index (χ4n) is 8.48. The lowest BCUT2D eigenvalue weighted by molar-refractivity contribution is 0.675. The van der Waals surface area contributed by atoms with Crippen LogP contribution in [-0.2, 0) is 0 Å². The molecule has 50 heavy (non-hydrogen) atoms. The number of nitrogens with zero attached hydrogens (tertiary/aromatic N) is 4. The van der Waals surface area contributed by atoms with E-state index < -0.39 is 0 Å². The van der Waals surface area contributed by atoms with Crippen LogP contribution in [0, 0.1) is 0 Å². The number of benzene rings is 8. The smallest absolute Gasteiger partial charge is 0.157 e. The molecule has 0 amide bonds. The molecule has 8 aromatic carbocycles. The second kappa shape index (κ2) is 10.5. The highest BCUT2D eigenvalue weighted by atomic mass is 15.3. The molecule has 234 valence electrons. The van der Waals surface area contributed by atoms with Gasteiger partial charge in [-0.25, -0.2) is 4.99 Å². The summed E-state index contributed by atoms with van der Waals surface area (Å²) < 4.78 is 2.44. The van der Waals surface area contributed by atoms with Gasteiger partial charge in [0.25, 0.3) is 0 Å². The zero-order chi connectivity index (χ0) is 32.8. The van der Waals surface area contributed by atoms with Crippen LogP contribution in [0.15, 0.2) is 180 Å². The van der Waals surface area contributed by atoms with Crippen molar-refractivity contribution in [3.63, 3.8) is 0 Å². The lowest BCUT2D eigenvalue weighted by atomic mass is 9.98. The molecular weight excluding hydrogens is 609 g/mol. The molecule has 0 spiro atoms. The molecule has 11 rings (SSSR count). The van der Waals surface area contributed by atoms with Crippen LogP contribution in [0.25, 0.3) is 54.1 Å². The van der Waals surface area contributed by atoms with Crippen molar-refractivity contribution in [2.45, 2.75) is 12.1 Å². The number of rotatable bonds is 2. The molecule has 0 N–H and O–H groups in total. The first-order valence-corrected chi connectivity index (χ1v) is 17.2. The number of anilines is 2. The molecule has 0 fully saturated rings. The predicted octanol–water partition coefficient (Wildman–Crippen LogP) is 11.2. The van der Waals surface area contributed by atoms with Gasteiger partial charge in [-0.1, -0.05) is 133 Å². The van der Waals surface area contributed by atoms with E-state index in [4.69, 9.17) is 9.98 Å². The van der Waals surface area contributed by atoms with Crippen LogP contribution >= 0.6 is 0 Å². The van der Waals surface area contributed by atoms with E-state index in [-0.39, 0.29) is 12.1 Å². The van der Waals surface area contributed by atoms with Gasteiger partial charge in [-0.05, 0) is 68.7 Å². The number of hydrogen-bond acceptors (Lipinski definition) is 3. The van der Waals surface area contributed by atoms with E-state index in [2.05, 4.69) is 179 Å². The quantitative estimate of drug-likeness (QED) is 0.185. The van der Waals surface area contributed by atoms with Crippen LogP contribution in [-0.4, -0.2) is 22.3 Å². The zero-order valence-corrected chi connectivity index (χ0v) is 27.1. The third-order valence-corrected chi connectivity index (χ3v) is 10.6. The van der Waals surface area contributed by atoms with Crippen LogP contribution in [0.2, 0.25) is 0 Å². The second-order valence-electron chi connectivity index (χ2n) is 13.3. The van der Waals surface area contributed by atoms with Gasteiger partial charge < -0.3 is 4.90 Å². The lowest BCUT2D eigenvalue weighted by Crippen LogP contribution is -2.43. The summed E-state index contributed by atoms with van der Waals surface area (Å²) in [4.78, 5) is 13.6. The Morgan fingerprint density at radius 1 is 0.480 bits per heavy atom. The summed E-state index contributed by atoms with van der Waals surface area (Å²) >= 11 is 0. The van der Waals surface area contributed by atoms with Crippen molar-refractivity contribution in [1.29, 1.82) is 0 Å². The molecular formula is C46H30N4. The van der Waals surface area contributed by atoms with Crippen LogP contribution in [0.1, 0.15) is 17.2 Å². The van der Waals surface area contributed by atoms with Crippen LogP contribution in [0.3, 0.4) is 0 Å². The van der Waals surface area contributed by atoms with Gasteiger partial charge >= 0.3 is 0 Å². The van der Waals surface area contributed by atoms with E-state index in [1.807, 2.05) is 0 Å². The van der Waals surface area contributed by atoms with Crippen LogP contribution in [0.4, 0.5) is 11.4 Å². The van der Waals surface area contributed by atoms with Gasteiger partial charge in [0.1, 0.15) is 17.9 Å². The third-order valence-electron chi connectivity index (χ3n) is 10.6. The molecule has 0 saturated carbocycles. The van der Waals surface area contributed by atoms with Gasteiger partial charge in [-0.15, -0.1) is 0 Å². The Balaban J connectivity index is 1.29. The van der Waals surface area contributed by atoms with Crippen molar-refractivity contribution in [3.8, 4) is 0 Å². The Bertz CT molecular complexity index is 2790. The molecule has 0 radical (unpaired) electrons. The topological polar surface area (TPSA) is 32.9 Å². The van der Waals surface area contributed by atoms with E-state index >= 15 is 0 Å². The summed E-state index contributed by atoms with van der Waals surface area (Å²) in [6, 6.07) is 60.8. The van der Waals surface area contributed by atoms with Crippen molar-refractivity contribution in [1.82, 2.24) is 4.57 Å². The first-order valence-electron chi connectivity index (χ1n) is 17.2. The lowest BCUT2D eigenvalue weighted by Gasteiger charge is -2.33. The predicted molar refractivity (Wildman–Crippen MR) is 209 cm³/mol. The zero-order valence-electron chi connectivity index (χ0n) is 27.1. The van der Waals surface area contributed by atoms with Crippen molar-refractivity contribution in [3.05, 3.63) is 181 Å². The minimum Gasteiger partial charge on any atom is -0.328 e. The fraction of sp³-hybridized carbons (Fsp3) is 0.0435. The fourth-order valence-corrected chi connectivity index (χ4v) is 8.48. The molecule has 0 bridgehead atoms. The van der Waals surface area contributed by atoms with Gasteiger partial charge in [0, 0.05) is 33.3 Å². The van der Waals surface area contributed by atoms with E-state index in [9.17, 15) is 0 Å². The maximum Gasteiger partial charge on any atom is 0.157 e. The van der Waals surface area contributed by atoms with Crippen molar-refractivity contribution >= 4 is 77.2 Å². The molecule has 2 unspecified atom stereocenters. The Kier molecular flexibility index (Phi) is 5.75. The minimum atomic E-state index is -0.187. The molecule has 2 aliphatic rings. The standard InChI is InChI=1S/C46H30N4/c1-3-15-31(16-4-1)45-47-43-37-27-32-17-7-8-18-33(32)28-40(37)49(34-19-5-2-6-20-34)44(43)46(48-45)50-38-25-23-29-13-9-11-21-35(29)41(38)42-36-22-12-10-14-30(36)24-26-39(42)50/h1-28,43-44H. The van der Waals surface area contributed by atoms with Crippen LogP contribution < -0.4 is 4.90 Å². The summed E-state index contributed by atoms with van der Waals surface area (Å²) in [5, 5.41) is 9.89. The first kappa shape index (κ1) is 27.4. The normalized spacial score (nSPS) is 17.0. The average Bonchev–Trinajstić information content (AvgIpc) is 3.70. The summed E-state index contributed by atoms with van der Waals surface area (Å²) in [5.41, 5.74) is 6.83. The Morgan fingerprint density at radius 2 is 1.02 bits per heavy atom. The Morgan fingerprint density at radius 3 is 1.66 bits per heavy atom. The molecule has 0 aliphatic carbocycles. The second-order valence-corrected chi connectivity index (χ2v) is 13.3. The van der Waals surface area contributed by atoms with Gasteiger partial charge in [0.05, 0.1) is 11.0 Å². The SMILES string of the molecule is c1ccc(C2=NC3c4cc5ccccc5cc4N(c4ccccc4)C3C(n3c4ccc5ccccc5c4c4c5ccccc5ccc43)=N2)cc1. The van der Waals surface area contributed by atoms with Crippen molar-refractivity contribution in [2.75, 3.05) is 4.90 Å². The molecule has 3 heterocycles. The third kappa shape index (κ3) is 3.87. The molecule has 9 aromatic rings. The first-order chi connectivity index (χ1) is 24.8. The summed E-state index contributed by atoms with van der Waals surface area (Å²) in [6.45, 7) is 0. The van der Waals surface area contributed by atoms with Gasteiger partial charge in [-0.2, -0.15) is 0 Å². The highest BCUT2D eigenvalue weighted by Crippen LogP contribution is 2.51. The number of para-hydroxylation sites is 1. The number of aliphatic imine (C=N–C) groups is 2. The van der Waals surface area contributed by atoms with Crippen molar-refractivity contribution in [2.24, 2.45) is 9.98 Å². The average molecular weight is 639 g/mol. The molecule has 2 aliphatic heterocycles.